The van der Waals surface area contributed by atoms with Crippen LogP contribution in [0, 0.1) is 5.41 Å². The van der Waals surface area contributed by atoms with E-state index in [4.69, 9.17) is 4.74 Å². The zero-order valence-corrected chi connectivity index (χ0v) is 15.6. The van der Waals surface area contributed by atoms with E-state index in [1.54, 1.807) is 12.0 Å². The van der Waals surface area contributed by atoms with Crippen molar-refractivity contribution in [3.05, 3.63) is 32.8 Å². The molecule has 1 aromatic heterocycles. The van der Waals surface area contributed by atoms with Gasteiger partial charge in [-0.3, -0.25) is 24.3 Å². The summed E-state index contributed by atoms with van der Waals surface area (Å²) >= 11 is 0. The lowest BCUT2D eigenvalue weighted by Gasteiger charge is -2.38. The molecule has 1 N–H and O–H groups in total. The second-order valence-corrected chi connectivity index (χ2v) is 7.45. The van der Waals surface area contributed by atoms with Crippen molar-refractivity contribution >= 4 is 11.8 Å². The predicted molar refractivity (Wildman–Crippen MR) is 97.3 cm³/mol. The van der Waals surface area contributed by atoms with Gasteiger partial charge in [0.05, 0.1) is 0 Å². The van der Waals surface area contributed by atoms with Crippen molar-refractivity contribution in [1.29, 1.82) is 0 Å². The molecule has 0 unspecified atom stereocenters. The first-order valence-electron chi connectivity index (χ1n) is 9.27. The number of rotatable bonds is 6. The monoisotopic (exact) mass is 378 g/mol. The summed E-state index contributed by atoms with van der Waals surface area (Å²) in [7, 11) is 1.65. The maximum atomic E-state index is 12.5. The molecule has 9 heteroatoms. The maximum Gasteiger partial charge on any atom is 0.265 e. The van der Waals surface area contributed by atoms with Crippen LogP contribution in [0.2, 0.25) is 0 Å². The molecule has 0 aliphatic carbocycles. The van der Waals surface area contributed by atoms with Crippen LogP contribution in [0.1, 0.15) is 25.7 Å². The van der Waals surface area contributed by atoms with Gasteiger partial charge in [-0.05, 0) is 19.3 Å². The number of hydrogen-bond donors (Lipinski definition) is 1. The summed E-state index contributed by atoms with van der Waals surface area (Å²) in [5.74, 6) is -0.0191. The molecule has 0 saturated carbocycles. The number of amides is 2. The standard InChI is InChI=1S/C18H26N4O5/c1-27-10-2-7-21-13-18(11-16(21)25)5-8-20(9-6-18)17(26)12-22-15(24)4-3-14(23)19-22/h3-4H,2,5-13H2,1H3,(H,19,23). The van der Waals surface area contributed by atoms with Crippen LogP contribution in [0.25, 0.3) is 0 Å². The number of methoxy groups -OCH3 is 1. The average molecular weight is 378 g/mol. The van der Waals surface area contributed by atoms with Crippen LogP contribution in [0.3, 0.4) is 0 Å². The molecule has 27 heavy (non-hydrogen) atoms. The first-order valence-corrected chi connectivity index (χ1v) is 9.27. The summed E-state index contributed by atoms with van der Waals surface area (Å²) in [5.41, 5.74) is -0.888. The zero-order chi connectivity index (χ0) is 19.4. The van der Waals surface area contributed by atoms with E-state index in [1.165, 1.54) is 0 Å². The maximum absolute atomic E-state index is 12.5. The summed E-state index contributed by atoms with van der Waals surface area (Å²) in [4.78, 5) is 51.5. The molecule has 148 valence electrons. The van der Waals surface area contributed by atoms with Gasteiger partial charge < -0.3 is 14.5 Å². The Morgan fingerprint density at radius 3 is 2.67 bits per heavy atom. The smallest absolute Gasteiger partial charge is 0.265 e. The number of aromatic nitrogens is 2. The number of hydrogen-bond acceptors (Lipinski definition) is 5. The van der Waals surface area contributed by atoms with Crippen molar-refractivity contribution in [2.75, 3.05) is 39.9 Å². The molecule has 2 amide bonds. The Bertz CT molecular complexity index is 806. The Labute approximate surface area is 156 Å². The van der Waals surface area contributed by atoms with Crippen LogP contribution in [0.5, 0.6) is 0 Å². The van der Waals surface area contributed by atoms with E-state index in [2.05, 4.69) is 5.10 Å². The lowest BCUT2D eigenvalue weighted by Crippen LogP contribution is -2.46. The Morgan fingerprint density at radius 1 is 1.22 bits per heavy atom. The van der Waals surface area contributed by atoms with Gasteiger partial charge in [0.15, 0.2) is 0 Å². The summed E-state index contributed by atoms with van der Waals surface area (Å²) in [6.07, 6.45) is 2.90. The molecule has 1 aromatic rings. The van der Waals surface area contributed by atoms with Crippen molar-refractivity contribution in [3.63, 3.8) is 0 Å². The molecule has 3 rings (SSSR count). The Kier molecular flexibility index (Phi) is 5.79. The average Bonchev–Trinajstić information content (AvgIpc) is 2.94. The first-order chi connectivity index (χ1) is 12.9. The fraction of sp³-hybridized carbons (Fsp3) is 0.667. The Balaban J connectivity index is 1.55. The summed E-state index contributed by atoms with van der Waals surface area (Å²) in [5, 5.41) is 2.37. The third kappa shape index (κ3) is 4.47. The van der Waals surface area contributed by atoms with Gasteiger partial charge in [0.25, 0.3) is 11.1 Å². The highest BCUT2D eigenvalue weighted by Gasteiger charge is 2.45. The van der Waals surface area contributed by atoms with Crippen LogP contribution in [-0.4, -0.2) is 71.3 Å². The second-order valence-electron chi connectivity index (χ2n) is 7.45. The van der Waals surface area contributed by atoms with Gasteiger partial charge in [-0.2, -0.15) is 0 Å². The van der Waals surface area contributed by atoms with E-state index < -0.39 is 11.1 Å². The van der Waals surface area contributed by atoms with E-state index in [0.717, 1.165) is 42.6 Å². The van der Waals surface area contributed by atoms with Crippen molar-refractivity contribution < 1.29 is 14.3 Å². The molecule has 2 aliphatic rings. The highest BCUT2D eigenvalue weighted by molar-refractivity contribution is 5.80. The molecule has 0 atom stereocenters. The number of carbonyl (C=O) groups excluding carboxylic acids is 2. The largest absolute Gasteiger partial charge is 0.385 e. The fourth-order valence-corrected chi connectivity index (χ4v) is 3.97. The van der Waals surface area contributed by atoms with Crippen molar-refractivity contribution in [2.24, 2.45) is 5.41 Å². The molecule has 9 nitrogen and oxygen atoms in total. The van der Waals surface area contributed by atoms with E-state index in [1.807, 2.05) is 4.90 Å². The summed E-state index contributed by atoms with van der Waals surface area (Å²) in [6.45, 7) is 3.03. The number of likely N-dealkylation sites (tertiary alicyclic amines) is 2. The Hall–Kier alpha value is -2.42. The van der Waals surface area contributed by atoms with Gasteiger partial charge in [-0.15, -0.1) is 0 Å². The number of piperidine rings is 1. The third-order valence-electron chi connectivity index (χ3n) is 5.54. The van der Waals surface area contributed by atoms with Gasteiger partial charge in [0, 0.05) is 63.9 Å². The number of nitrogens with zero attached hydrogens (tertiary/aromatic N) is 3. The van der Waals surface area contributed by atoms with Crippen LogP contribution < -0.4 is 11.1 Å². The molecule has 2 aliphatic heterocycles. The SMILES string of the molecule is COCCCN1CC2(CCN(C(=O)Cn3[nH]c(=O)ccc3=O)CC2)CC1=O. The third-order valence-corrected chi connectivity index (χ3v) is 5.54. The second kappa shape index (κ2) is 8.08. The quantitative estimate of drug-likeness (QED) is 0.667. The molecule has 1 spiro atoms. The van der Waals surface area contributed by atoms with Crippen molar-refractivity contribution in [1.82, 2.24) is 19.6 Å². The van der Waals surface area contributed by atoms with Crippen LogP contribution in [0.15, 0.2) is 21.7 Å². The number of H-pyrrole nitrogens is 1. The van der Waals surface area contributed by atoms with Crippen LogP contribution >= 0.6 is 0 Å². The predicted octanol–water partition coefficient (Wildman–Crippen LogP) is -0.586. The first kappa shape index (κ1) is 19.3. The van der Waals surface area contributed by atoms with Gasteiger partial charge in [-0.25, -0.2) is 4.68 Å². The van der Waals surface area contributed by atoms with Gasteiger partial charge in [0.1, 0.15) is 6.54 Å². The fourth-order valence-electron chi connectivity index (χ4n) is 3.97. The van der Waals surface area contributed by atoms with Gasteiger partial charge in [-0.1, -0.05) is 0 Å². The minimum absolute atomic E-state index is 0.0567. The highest BCUT2D eigenvalue weighted by Crippen LogP contribution is 2.41. The number of nitrogens with one attached hydrogen (secondary N) is 1. The molecule has 2 saturated heterocycles. The lowest BCUT2D eigenvalue weighted by atomic mass is 9.77. The molecule has 0 bridgehead atoms. The molecule has 2 fully saturated rings. The number of ether oxygens (including phenoxy) is 1. The van der Waals surface area contributed by atoms with Crippen LogP contribution in [0.4, 0.5) is 0 Å². The van der Waals surface area contributed by atoms with Crippen molar-refractivity contribution in [2.45, 2.75) is 32.2 Å². The topological polar surface area (TPSA) is 105 Å². The Morgan fingerprint density at radius 2 is 1.96 bits per heavy atom. The summed E-state index contributed by atoms with van der Waals surface area (Å²) < 4.78 is 6.08. The van der Waals surface area contributed by atoms with E-state index in [0.29, 0.717) is 32.7 Å². The normalized spacial score (nSPS) is 19.1. The minimum atomic E-state index is -0.418. The molecule has 0 radical (unpaired) electrons. The highest BCUT2D eigenvalue weighted by atomic mass is 16.5. The molecular formula is C18H26N4O5. The van der Waals surface area contributed by atoms with Gasteiger partial charge in [0.2, 0.25) is 11.8 Å². The lowest BCUT2D eigenvalue weighted by molar-refractivity contribution is -0.134. The minimum Gasteiger partial charge on any atom is -0.385 e. The summed E-state index contributed by atoms with van der Waals surface area (Å²) in [6, 6.07) is 2.29. The van der Waals surface area contributed by atoms with E-state index in [-0.39, 0.29) is 23.8 Å². The van der Waals surface area contributed by atoms with Crippen LogP contribution in [-0.2, 0) is 20.9 Å². The molecule has 0 aromatic carbocycles. The molecular weight excluding hydrogens is 352 g/mol. The number of carbonyl (C=O) groups is 2. The van der Waals surface area contributed by atoms with E-state index >= 15 is 0 Å². The number of aromatic amines is 1. The van der Waals surface area contributed by atoms with Crippen molar-refractivity contribution in [3.8, 4) is 0 Å². The zero-order valence-electron chi connectivity index (χ0n) is 15.6. The van der Waals surface area contributed by atoms with E-state index in [9.17, 15) is 19.2 Å². The van der Waals surface area contributed by atoms with Gasteiger partial charge >= 0.3 is 0 Å². The molecule has 3 heterocycles.